The van der Waals surface area contributed by atoms with Crippen molar-refractivity contribution in [2.24, 2.45) is 11.8 Å². The molecule has 1 rings (SSSR count). The molecule has 0 aromatic heterocycles. The first-order chi connectivity index (χ1) is 7.34. The van der Waals surface area contributed by atoms with E-state index in [-0.39, 0.29) is 18.4 Å². The first-order valence-electron chi connectivity index (χ1n) is 5.20. The Morgan fingerprint density at radius 2 is 1.94 bits per heavy atom. The lowest BCUT2D eigenvalue weighted by atomic mass is 9.81. The van der Waals surface area contributed by atoms with E-state index in [1.54, 1.807) is 0 Å². The molecule has 0 aromatic carbocycles. The smallest absolute Gasteiger partial charge is 0.321 e. The molecule has 1 saturated heterocycles. The highest BCUT2D eigenvalue weighted by molar-refractivity contribution is 5.76. The summed E-state index contributed by atoms with van der Waals surface area (Å²) >= 11 is 0. The highest BCUT2D eigenvalue weighted by Gasteiger charge is 2.45. The Hall–Kier alpha value is -1.36. The molecule has 1 aliphatic heterocycles. The maximum atomic E-state index is 11.0. The second-order valence-electron chi connectivity index (χ2n) is 4.41. The standard InChI is InChI=1S/C11H17NO4/c1-5(2)9-6(3)12-10(11(15)16)7(9)4-8(13)14/h6-7,9-10,12H,1,4H2,2-3H3,(H,13,14)(H,15,16)/t6-,7+,9-,10+/m1/s1. The molecule has 0 aromatic rings. The monoisotopic (exact) mass is 227 g/mol. The van der Waals surface area contributed by atoms with Crippen molar-refractivity contribution >= 4 is 11.9 Å². The number of aliphatic carboxylic acids is 2. The molecule has 5 nitrogen and oxygen atoms in total. The van der Waals surface area contributed by atoms with E-state index in [2.05, 4.69) is 11.9 Å². The number of rotatable bonds is 4. The number of carbonyl (C=O) groups is 2. The topological polar surface area (TPSA) is 86.6 Å². The molecule has 3 N–H and O–H groups in total. The van der Waals surface area contributed by atoms with Gasteiger partial charge >= 0.3 is 11.9 Å². The summed E-state index contributed by atoms with van der Waals surface area (Å²) in [7, 11) is 0. The Morgan fingerprint density at radius 3 is 2.31 bits per heavy atom. The summed E-state index contributed by atoms with van der Waals surface area (Å²) < 4.78 is 0. The second-order valence-corrected chi connectivity index (χ2v) is 4.41. The summed E-state index contributed by atoms with van der Waals surface area (Å²) in [6, 6.07) is -0.851. The lowest BCUT2D eigenvalue weighted by Crippen LogP contribution is -2.38. The number of hydrogen-bond donors (Lipinski definition) is 3. The molecule has 0 unspecified atom stereocenters. The van der Waals surface area contributed by atoms with Gasteiger partial charge in [-0.2, -0.15) is 0 Å². The van der Waals surface area contributed by atoms with Crippen LogP contribution in [0.15, 0.2) is 12.2 Å². The van der Waals surface area contributed by atoms with E-state index in [4.69, 9.17) is 10.2 Å². The van der Waals surface area contributed by atoms with Crippen LogP contribution in [0.25, 0.3) is 0 Å². The highest BCUT2D eigenvalue weighted by atomic mass is 16.4. The molecule has 0 amide bonds. The van der Waals surface area contributed by atoms with Crippen LogP contribution in [0.5, 0.6) is 0 Å². The van der Waals surface area contributed by atoms with Crippen LogP contribution in [0.3, 0.4) is 0 Å². The zero-order valence-corrected chi connectivity index (χ0v) is 9.43. The maximum Gasteiger partial charge on any atom is 0.321 e. The van der Waals surface area contributed by atoms with Gasteiger partial charge in [-0.25, -0.2) is 0 Å². The average molecular weight is 227 g/mol. The van der Waals surface area contributed by atoms with E-state index in [1.165, 1.54) is 0 Å². The Morgan fingerprint density at radius 1 is 1.38 bits per heavy atom. The van der Waals surface area contributed by atoms with Gasteiger partial charge in [0.05, 0.1) is 6.42 Å². The van der Waals surface area contributed by atoms with Gasteiger partial charge in [0.25, 0.3) is 0 Å². The predicted molar refractivity (Wildman–Crippen MR) is 58.1 cm³/mol. The summed E-state index contributed by atoms with van der Waals surface area (Å²) in [4.78, 5) is 21.8. The van der Waals surface area contributed by atoms with Crippen LogP contribution in [0.4, 0.5) is 0 Å². The Balaban J connectivity index is 2.94. The summed E-state index contributed by atoms with van der Waals surface area (Å²) in [5.74, 6) is -2.50. The summed E-state index contributed by atoms with van der Waals surface area (Å²) in [6.45, 7) is 7.48. The average Bonchev–Trinajstić information content (AvgIpc) is 2.41. The molecule has 16 heavy (non-hydrogen) atoms. The van der Waals surface area contributed by atoms with Crippen molar-refractivity contribution in [3.8, 4) is 0 Å². The molecule has 1 aliphatic rings. The van der Waals surface area contributed by atoms with Crippen molar-refractivity contribution in [3.05, 3.63) is 12.2 Å². The fraction of sp³-hybridized carbons (Fsp3) is 0.636. The first-order valence-corrected chi connectivity index (χ1v) is 5.20. The van der Waals surface area contributed by atoms with E-state index in [1.807, 2.05) is 13.8 Å². The summed E-state index contributed by atoms with van der Waals surface area (Å²) in [5.41, 5.74) is 0.829. The molecule has 0 bridgehead atoms. The van der Waals surface area contributed by atoms with Gasteiger partial charge in [-0.3, -0.25) is 9.59 Å². The van der Waals surface area contributed by atoms with Gasteiger partial charge in [0.2, 0.25) is 0 Å². The number of carboxylic acid groups (broad SMARTS) is 2. The third-order valence-corrected chi connectivity index (χ3v) is 3.12. The second kappa shape index (κ2) is 4.65. The molecule has 1 fully saturated rings. The van der Waals surface area contributed by atoms with Gasteiger partial charge in [-0.05, 0) is 19.8 Å². The third kappa shape index (κ3) is 2.41. The normalized spacial score (nSPS) is 33.6. The Kier molecular flexibility index (Phi) is 3.70. The molecular formula is C11H17NO4. The van der Waals surface area contributed by atoms with E-state index in [0.29, 0.717) is 0 Å². The predicted octanol–water partition coefficient (Wildman–Crippen LogP) is 0.715. The molecule has 0 spiro atoms. The molecule has 0 saturated carbocycles. The maximum absolute atomic E-state index is 11.0. The van der Waals surface area contributed by atoms with Crippen molar-refractivity contribution in [3.63, 3.8) is 0 Å². The lowest BCUT2D eigenvalue weighted by molar-refractivity contribution is -0.142. The van der Waals surface area contributed by atoms with Crippen LogP contribution < -0.4 is 5.32 Å². The van der Waals surface area contributed by atoms with Crippen LogP contribution in [-0.2, 0) is 9.59 Å². The van der Waals surface area contributed by atoms with Gasteiger partial charge in [0, 0.05) is 12.0 Å². The van der Waals surface area contributed by atoms with Crippen LogP contribution in [0.2, 0.25) is 0 Å². The van der Waals surface area contributed by atoms with Crippen LogP contribution in [0.1, 0.15) is 20.3 Å². The van der Waals surface area contributed by atoms with E-state index in [0.717, 1.165) is 5.57 Å². The van der Waals surface area contributed by atoms with Gasteiger partial charge in [0.1, 0.15) is 6.04 Å². The minimum atomic E-state index is -0.998. The number of nitrogens with one attached hydrogen (secondary N) is 1. The van der Waals surface area contributed by atoms with Gasteiger partial charge in [-0.1, -0.05) is 12.2 Å². The van der Waals surface area contributed by atoms with Crippen molar-refractivity contribution in [2.45, 2.75) is 32.4 Å². The van der Waals surface area contributed by atoms with Crippen molar-refractivity contribution in [1.29, 1.82) is 0 Å². The summed E-state index contributed by atoms with van der Waals surface area (Å²) in [5, 5.41) is 20.8. The van der Waals surface area contributed by atoms with Crippen LogP contribution in [0, 0.1) is 11.8 Å². The molecule has 90 valence electrons. The van der Waals surface area contributed by atoms with Gasteiger partial charge < -0.3 is 15.5 Å². The minimum absolute atomic E-state index is 0.0528. The van der Waals surface area contributed by atoms with Crippen LogP contribution >= 0.6 is 0 Å². The zero-order chi connectivity index (χ0) is 12.5. The fourth-order valence-corrected chi connectivity index (χ4v) is 2.58. The Labute approximate surface area is 94.2 Å². The minimum Gasteiger partial charge on any atom is -0.481 e. The SMILES string of the molecule is C=C(C)[C@H]1[C@H](CC(=O)O)[C@@H](C(=O)O)N[C@@H]1C. The Bertz CT molecular complexity index is 326. The highest BCUT2D eigenvalue weighted by Crippen LogP contribution is 2.34. The van der Waals surface area contributed by atoms with Crippen molar-refractivity contribution < 1.29 is 19.8 Å². The number of hydrogen-bond acceptors (Lipinski definition) is 3. The molecule has 0 aliphatic carbocycles. The molecule has 4 atom stereocenters. The first kappa shape index (κ1) is 12.7. The zero-order valence-electron chi connectivity index (χ0n) is 9.43. The van der Waals surface area contributed by atoms with E-state index < -0.39 is 23.9 Å². The van der Waals surface area contributed by atoms with Crippen LogP contribution in [-0.4, -0.2) is 34.2 Å². The lowest BCUT2D eigenvalue weighted by Gasteiger charge is -2.21. The molecule has 0 radical (unpaired) electrons. The molecular weight excluding hydrogens is 210 g/mol. The molecule has 5 heteroatoms. The van der Waals surface area contributed by atoms with Gasteiger partial charge in [0.15, 0.2) is 0 Å². The molecule has 1 heterocycles. The van der Waals surface area contributed by atoms with Crippen molar-refractivity contribution in [1.82, 2.24) is 5.32 Å². The fourth-order valence-electron chi connectivity index (χ4n) is 2.58. The van der Waals surface area contributed by atoms with E-state index in [9.17, 15) is 9.59 Å². The third-order valence-electron chi connectivity index (χ3n) is 3.12. The number of carboxylic acids is 2. The van der Waals surface area contributed by atoms with Gasteiger partial charge in [-0.15, -0.1) is 0 Å². The summed E-state index contributed by atoms with van der Waals surface area (Å²) in [6.07, 6.45) is -0.147. The van der Waals surface area contributed by atoms with E-state index >= 15 is 0 Å². The quantitative estimate of drug-likeness (QED) is 0.616. The largest absolute Gasteiger partial charge is 0.481 e. The van der Waals surface area contributed by atoms with Crippen molar-refractivity contribution in [2.75, 3.05) is 0 Å².